The zero-order chi connectivity index (χ0) is 25.9. The minimum absolute atomic E-state index is 0.0275. The van der Waals surface area contributed by atoms with Gasteiger partial charge in [-0.25, -0.2) is 0 Å². The van der Waals surface area contributed by atoms with Gasteiger partial charge in [0, 0.05) is 34.3 Å². The van der Waals surface area contributed by atoms with Gasteiger partial charge in [0.1, 0.15) is 6.04 Å². The third-order valence-corrected chi connectivity index (χ3v) is 7.71. The minimum Gasteiger partial charge on any atom is -0.352 e. The van der Waals surface area contributed by atoms with Crippen molar-refractivity contribution in [1.82, 2.24) is 10.2 Å². The Kier molecular flexibility index (Phi) is 11.4. The van der Waals surface area contributed by atoms with Gasteiger partial charge in [-0.05, 0) is 54.3 Å². The van der Waals surface area contributed by atoms with Crippen LogP contribution in [0.3, 0.4) is 0 Å². The topological polar surface area (TPSA) is 49.4 Å². The summed E-state index contributed by atoms with van der Waals surface area (Å²) >= 11 is 11.0. The van der Waals surface area contributed by atoms with Crippen molar-refractivity contribution in [3.05, 3.63) is 105 Å². The Morgan fingerprint density at radius 1 is 0.944 bits per heavy atom. The maximum atomic E-state index is 13.6. The van der Waals surface area contributed by atoms with Crippen molar-refractivity contribution >= 4 is 51.1 Å². The largest absolute Gasteiger partial charge is 0.352 e. The van der Waals surface area contributed by atoms with Crippen LogP contribution in [-0.4, -0.2) is 34.6 Å². The van der Waals surface area contributed by atoms with Gasteiger partial charge in [0.15, 0.2) is 0 Å². The van der Waals surface area contributed by atoms with E-state index in [1.807, 2.05) is 92.7 Å². The molecule has 0 aliphatic carbocycles. The lowest BCUT2D eigenvalue weighted by Crippen LogP contribution is -2.52. The number of rotatable bonds is 12. The van der Waals surface area contributed by atoms with E-state index in [1.54, 1.807) is 16.7 Å². The average molecular weight is 588 g/mol. The van der Waals surface area contributed by atoms with Crippen molar-refractivity contribution in [2.75, 3.05) is 5.75 Å². The van der Waals surface area contributed by atoms with Gasteiger partial charge in [0.05, 0.1) is 5.75 Å². The highest BCUT2D eigenvalue weighted by molar-refractivity contribution is 9.10. The zero-order valence-electron chi connectivity index (χ0n) is 20.6. The van der Waals surface area contributed by atoms with Gasteiger partial charge >= 0.3 is 0 Å². The summed E-state index contributed by atoms with van der Waals surface area (Å²) in [7, 11) is 0. The molecule has 1 N–H and O–H groups in total. The number of hydrogen-bond donors (Lipinski definition) is 1. The molecule has 7 heteroatoms. The molecule has 2 amide bonds. The van der Waals surface area contributed by atoms with E-state index in [-0.39, 0.29) is 23.6 Å². The molecule has 2 atom stereocenters. The minimum atomic E-state index is -0.617. The summed E-state index contributed by atoms with van der Waals surface area (Å²) in [5, 5.41) is 3.80. The summed E-state index contributed by atoms with van der Waals surface area (Å²) in [5.74, 6) is 0.789. The van der Waals surface area contributed by atoms with Crippen LogP contribution in [-0.2, 0) is 28.3 Å². The van der Waals surface area contributed by atoms with E-state index in [2.05, 4.69) is 21.2 Å². The Balaban J connectivity index is 1.84. The Hall–Kier alpha value is -2.28. The van der Waals surface area contributed by atoms with E-state index in [0.29, 0.717) is 23.7 Å². The van der Waals surface area contributed by atoms with E-state index in [9.17, 15) is 9.59 Å². The second-order valence-electron chi connectivity index (χ2n) is 8.79. The molecular weight excluding hydrogens is 556 g/mol. The first-order chi connectivity index (χ1) is 17.4. The first kappa shape index (κ1) is 28.3. The summed E-state index contributed by atoms with van der Waals surface area (Å²) < 4.78 is 0.970. The van der Waals surface area contributed by atoms with Crippen LogP contribution >= 0.6 is 39.3 Å². The second kappa shape index (κ2) is 14.5. The van der Waals surface area contributed by atoms with Gasteiger partial charge in [0.2, 0.25) is 11.8 Å². The number of halogens is 2. The van der Waals surface area contributed by atoms with E-state index in [0.717, 1.165) is 27.6 Å². The fraction of sp³-hybridized carbons (Fsp3) is 0.310. The summed E-state index contributed by atoms with van der Waals surface area (Å²) in [6, 6.07) is 24.8. The number of carbonyl (C=O) groups excluding carboxylic acids is 2. The molecule has 3 aromatic rings. The van der Waals surface area contributed by atoms with E-state index >= 15 is 0 Å². The molecular formula is C29H32BrClN2O2S. The molecule has 36 heavy (non-hydrogen) atoms. The summed E-state index contributed by atoms with van der Waals surface area (Å²) in [4.78, 5) is 28.9. The monoisotopic (exact) mass is 586 g/mol. The predicted molar refractivity (Wildman–Crippen MR) is 154 cm³/mol. The van der Waals surface area contributed by atoms with Crippen LogP contribution in [0.1, 0.15) is 37.0 Å². The molecule has 0 saturated carbocycles. The number of benzene rings is 3. The summed E-state index contributed by atoms with van der Waals surface area (Å²) in [6.45, 7) is 4.38. The standard InChI is InChI=1S/C29H32BrClN2O2S/c1-3-21(2)32-29(35)27(17-22-7-5-4-6-8-22)33(18-23-9-13-25(30)14-10-23)28(34)20-36-19-24-11-15-26(31)16-12-24/h4-16,21,27H,3,17-20H2,1-2H3,(H,32,35)/t21-,27+/m0/s1. The number of amides is 2. The quantitative estimate of drug-likeness (QED) is 0.251. The van der Waals surface area contributed by atoms with Crippen LogP contribution in [0, 0.1) is 0 Å². The average Bonchev–Trinajstić information content (AvgIpc) is 2.88. The van der Waals surface area contributed by atoms with Gasteiger partial charge in [-0.3, -0.25) is 9.59 Å². The molecule has 0 saturated heterocycles. The van der Waals surface area contributed by atoms with Crippen LogP contribution in [0.4, 0.5) is 0 Å². The predicted octanol–water partition coefficient (Wildman–Crippen LogP) is 6.89. The Bertz CT molecular complexity index is 1110. The fourth-order valence-electron chi connectivity index (χ4n) is 3.70. The number of thioether (sulfide) groups is 1. The number of nitrogens with one attached hydrogen (secondary N) is 1. The smallest absolute Gasteiger partial charge is 0.243 e. The van der Waals surface area contributed by atoms with E-state index < -0.39 is 6.04 Å². The maximum absolute atomic E-state index is 13.6. The third-order valence-electron chi connectivity index (χ3n) is 5.95. The number of hydrogen-bond acceptors (Lipinski definition) is 3. The molecule has 0 bridgehead atoms. The molecule has 0 aliphatic heterocycles. The molecule has 4 nitrogen and oxygen atoms in total. The van der Waals surface area contributed by atoms with Gasteiger partial charge < -0.3 is 10.2 Å². The molecule has 0 aliphatic rings. The molecule has 190 valence electrons. The molecule has 0 fully saturated rings. The van der Waals surface area contributed by atoms with Crippen molar-refractivity contribution in [3.63, 3.8) is 0 Å². The summed E-state index contributed by atoms with van der Waals surface area (Å²) in [6.07, 6.45) is 1.27. The first-order valence-corrected chi connectivity index (χ1v) is 14.4. The molecule has 0 unspecified atom stereocenters. The van der Waals surface area contributed by atoms with Gasteiger partial charge in [0.25, 0.3) is 0 Å². The summed E-state index contributed by atoms with van der Waals surface area (Å²) in [5.41, 5.74) is 3.10. The maximum Gasteiger partial charge on any atom is 0.243 e. The van der Waals surface area contributed by atoms with Crippen molar-refractivity contribution in [1.29, 1.82) is 0 Å². The first-order valence-electron chi connectivity index (χ1n) is 12.1. The van der Waals surface area contributed by atoms with Crippen LogP contribution < -0.4 is 5.32 Å². The third kappa shape index (κ3) is 8.99. The number of nitrogens with zero attached hydrogens (tertiary/aromatic N) is 1. The van der Waals surface area contributed by atoms with Gasteiger partial charge in [-0.15, -0.1) is 11.8 Å². The van der Waals surface area contributed by atoms with Crippen molar-refractivity contribution < 1.29 is 9.59 Å². The van der Waals surface area contributed by atoms with Gasteiger partial charge in [-0.2, -0.15) is 0 Å². The second-order valence-corrected chi connectivity index (χ2v) is 11.1. The van der Waals surface area contributed by atoms with Crippen LogP contribution in [0.5, 0.6) is 0 Å². The molecule has 0 radical (unpaired) electrons. The van der Waals surface area contributed by atoms with Crippen molar-refractivity contribution in [2.24, 2.45) is 0 Å². The Labute approximate surface area is 231 Å². The highest BCUT2D eigenvalue weighted by atomic mass is 79.9. The zero-order valence-corrected chi connectivity index (χ0v) is 23.8. The van der Waals surface area contributed by atoms with Crippen LogP contribution in [0.2, 0.25) is 5.02 Å². The molecule has 3 rings (SSSR count). The number of carbonyl (C=O) groups is 2. The molecule has 3 aromatic carbocycles. The van der Waals surface area contributed by atoms with Crippen LogP contribution in [0.25, 0.3) is 0 Å². The van der Waals surface area contributed by atoms with Crippen molar-refractivity contribution in [2.45, 2.75) is 51.1 Å². The fourth-order valence-corrected chi connectivity index (χ4v) is 4.96. The van der Waals surface area contributed by atoms with E-state index in [1.165, 1.54) is 0 Å². The lowest BCUT2D eigenvalue weighted by Gasteiger charge is -2.32. The Morgan fingerprint density at radius 3 is 2.22 bits per heavy atom. The van der Waals surface area contributed by atoms with Gasteiger partial charge in [-0.1, -0.05) is 89.1 Å². The van der Waals surface area contributed by atoms with Crippen molar-refractivity contribution in [3.8, 4) is 0 Å². The Morgan fingerprint density at radius 2 is 1.58 bits per heavy atom. The SMILES string of the molecule is CC[C@H](C)NC(=O)[C@@H](Cc1ccccc1)N(Cc1ccc(Br)cc1)C(=O)CSCc1ccc(Cl)cc1. The highest BCUT2D eigenvalue weighted by Crippen LogP contribution is 2.20. The highest BCUT2D eigenvalue weighted by Gasteiger charge is 2.30. The molecule has 0 aromatic heterocycles. The molecule has 0 heterocycles. The lowest BCUT2D eigenvalue weighted by atomic mass is 10.0. The van der Waals surface area contributed by atoms with E-state index in [4.69, 9.17) is 11.6 Å². The molecule has 0 spiro atoms. The lowest BCUT2D eigenvalue weighted by molar-refractivity contribution is -0.139. The normalized spacial score (nSPS) is 12.6. The van der Waals surface area contributed by atoms with Crippen LogP contribution in [0.15, 0.2) is 83.3 Å².